The van der Waals surface area contributed by atoms with Crippen molar-refractivity contribution < 1.29 is 88.0 Å². The summed E-state index contributed by atoms with van der Waals surface area (Å²) >= 11 is 8.24. The van der Waals surface area contributed by atoms with Crippen LogP contribution in [0, 0.1) is 33.1 Å². The van der Waals surface area contributed by atoms with Crippen LogP contribution in [0.2, 0.25) is 1.41 Å². The summed E-state index contributed by atoms with van der Waals surface area (Å²) in [6, 6.07) is 21.8. The first-order valence-corrected chi connectivity index (χ1v) is 21.4. The number of alkyl halides is 3. The van der Waals surface area contributed by atoms with Crippen LogP contribution in [-0.2, 0) is 10.3 Å². The Hall–Kier alpha value is -3.29. The van der Waals surface area contributed by atoms with Crippen LogP contribution < -0.4 is 73.9 Å². The molecule has 0 aliphatic heterocycles. The Balaban J connectivity index is 0. The zero-order valence-electron chi connectivity index (χ0n) is 40.2. The minimum Gasteiger partial charge on any atom is -1.00 e. The van der Waals surface area contributed by atoms with Gasteiger partial charge >= 0.3 is 29.6 Å². The molecule has 16 heteroatoms. The third-order valence-electron chi connectivity index (χ3n) is 8.57. The van der Waals surface area contributed by atoms with Crippen molar-refractivity contribution in [3.8, 4) is 11.5 Å². The molecule has 11 nitrogen and oxygen atoms in total. The van der Waals surface area contributed by atoms with Crippen molar-refractivity contribution >= 4 is 64.0 Å². The Morgan fingerprint density at radius 2 is 1.03 bits per heavy atom. The molecule has 0 aromatic heterocycles. The van der Waals surface area contributed by atoms with Crippen molar-refractivity contribution in [1.82, 2.24) is 20.9 Å². The smallest absolute Gasteiger partial charge is 1.00 e. The molecule has 0 aliphatic carbocycles. The molecule has 0 saturated heterocycles. The van der Waals surface area contributed by atoms with Crippen LogP contribution in [0.1, 0.15) is 123 Å². The van der Waals surface area contributed by atoms with Crippen molar-refractivity contribution in [1.29, 1.82) is 5.40 Å². The minimum absolute atomic E-state index is 0. The molecule has 0 heterocycles. The SMILES string of the molecule is CF.COc1cccc(C(=O)NN(C(=O)c2cc(C)cc(C)c2)C(C)(C)C)c1CCl.COc1cccc(C(=O)NN(C(=O)c2cc(C)cc(C)c2)C(C)(C)C)c1CI.[2H]N=CC.[I-].[Na+]. The molecular formula is C47H62ClFI2N5NaO6. The Labute approximate surface area is 433 Å². The quantitative estimate of drug-likeness (QED) is 0.0768. The summed E-state index contributed by atoms with van der Waals surface area (Å²) in [5.74, 6) is 0.0402. The molecule has 0 radical (unpaired) electrons. The molecule has 0 saturated carbocycles. The molecule has 4 aromatic rings. The van der Waals surface area contributed by atoms with Crippen LogP contribution in [0.5, 0.6) is 11.5 Å². The predicted molar refractivity (Wildman–Crippen MR) is 253 cm³/mol. The number of carbonyl (C=O) groups is 4. The molecular weight excluding hydrogens is 1060 g/mol. The van der Waals surface area contributed by atoms with Gasteiger partial charge in [0.05, 0.1) is 38.4 Å². The van der Waals surface area contributed by atoms with Crippen LogP contribution in [0.3, 0.4) is 0 Å². The van der Waals surface area contributed by atoms with Gasteiger partial charge in [-0.25, -0.2) is 10.0 Å². The second-order valence-electron chi connectivity index (χ2n) is 15.8. The number of hydrazine groups is 2. The van der Waals surface area contributed by atoms with Crippen molar-refractivity contribution in [3.05, 3.63) is 128 Å². The van der Waals surface area contributed by atoms with Crippen LogP contribution in [-0.4, -0.2) is 72.3 Å². The Bertz CT molecular complexity index is 2000. The van der Waals surface area contributed by atoms with Gasteiger partial charge in [-0.15, -0.1) is 11.6 Å². The summed E-state index contributed by atoms with van der Waals surface area (Å²) in [5.41, 5.74) is 11.7. The fraction of sp³-hybridized carbons (Fsp3) is 0.383. The number of hydrogen-bond acceptors (Lipinski definition) is 7. The number of aryl methyl sites for hydroxylation is 4. The van der Waals surface area contributed by atoms with E-state index in [0.717, 1.165) is 27.8 Å². The van der Waals surface area contributed by atoms with E-state index in [4.69, 9.17) is 22.5 Å². The van der Waals surface area contributed by atoms with Gasteiger partial charge in [0.2, 0.25) is 0 Å². The Morgan fingerprint density at radius 3 is 1.30 bits per heavy atom. The van der Waals surface area contributed by atoms with E-state index in [1.54, 1.807) is 44.4 Å². The van der Waals surface area contributed by atoms with Gasteiger partial charge in [0.15, 0.2) is 1.41 Å². The molecule has 0 aliphatic rings. The average Bonchev–Trinajstić information content (AvgIpc) is 3.22. The maximum absolute atomic E-state index is 13.2. The number of amides is 4. The van der Waals surface area contributed by atoms with Gasteiger partial charge in [-0.1, -0.05) is 69.1 Å². The van der Waals surface area contributed by atoms with E-state index in [1.165, 1.54) is 23.3 Å². The van der Waals surface area contributed by atoms with Gasteiger partial charge in [0.25, 0.3) is 23.6 Å². The Morgan fingerprint density at radius 1 is 0.714 bits per heavy atom. The number of hydrogen-bond donors (Lipinski definition) is 3. The van der Waals surface area contributed by atoms with Crippen LogP contribution in [0.4, 0.5) is 4.39 Å². The summed E-state index contributed by atoms with van der Waals surface area (Å²) in [7, 11) is 3.61. The van der Waals surface area contributed by atoms with E-state index in [1.807, 2.05) is 112 Å². The van der Waals surface area contributed by atoms with Gasteiger partial charge in [0, 0.05) is 37.8 Å². The maximum Gasteiger partial charge on any atom is 1.00 e. The first kappa shape index (κ1) is 59.7. The minimum atomic E-state index is -0.635. The first-order chi connectivity index (χ1) is 29.1. The van der Waals surface area contributed by atoms with Gasteiger partial charge in [-0.3, -0.25) is 34.4 Å². The number of benzene rings is 4. The van der Waals surface area contributed by atoms with E-state index in [9.17, 15) is 23.6 Å². The molecule has 0 unspecified atom stereocenters. The van der Waals surface area contributed by atoms with Crippen LogP contribution in [0.25, 0.3) is 0 Å². The topological polar surface area (TPSA) is 141 Å². The monoisotopic (exact) mass is 1120 g/mol. The zero-order chi connectivity index (χ0) is 47.5. The van der Waals surface area contributed by atoms with Gasteiger partial charge in [0.1, 0.15) is 11.5 Å². The van der Waals surface area contributed by atoms with Gasteiger partial charge < -0.3 is 38.9 Å². The molecule has 4 rings (SSSR count). The van der Waals surface area contributed by atoms with Gasteiger partial charge in [-0.05, 0) is 131 Å². The fourth-order valence-electron chi connectivity index (χ4n) is 6.04. The standard InChI is InChI=1S/C22H27ClN2O3.C22H27IN2O3.C2H5N.CH3F.HI.Na/c2*1-14-10-15(2)12-16(11-14)21(27)25(22(3,4)5)24-20(26)17-8-7-9-19(28-6)18(17)13-23;1-2-3;1-2;;/h2*7-12H,13H2,1-6H3,(H,24,26);2-3H,1H3;1H3;1H;/q;;;;;+1/p-1/i/hD. The van der Waals surface area contributed by atoms with E-state index in [-0.39, 0.29) is 77.1 Å². The van der Waals surface area contributed by atoms with Crippen LogP contribution >= 0.6 is 34.2 Å². The second kappa shape index (κ2) is 29.3. The van der Waals surface area contributed by atoms with Gasteiger partial charge in [-0.2, -0.15) is 0 Å². The first-order valence-electron chi connectivity index (χ1n) is 19.7. The summed E-state index contributed by atoms with van der Waals surface area (Å²) in [5, 5.41) is 5.63. The molecule has 63 heavy (non-hydrogen) atoms. The summed E-state index contributed by atoms with van der Waals surface area (Å²) in [6.07, 6.45) is 1.42. The third kappa shape index (κ3) is 18.6. The largest absolute Gasteiger partial charge is 1.00 e. The molecule has 0 bridgehead atoms. The number of carbonyl (C=O) groups excluding carboxylic acids is 4. The molecule has 0 spiro atoms. The fourth-order valence-corrected chi connectivity index (χ4v) is 7.10. The van der Waals surface area contributed by atoms with E-state index < -0.39 is 17.0 Å². The number of methoxy groups -OCH3 is 2. The van der Waals surface area contributed by atoms with E-state index in [2.05, 4.69) is 38.8 Å². The molecule has 340 valence electrons. The third-order valence-corrected chi connectivity index (χ3v) is 9.60. The normalized spacial score (nSPS) is 10.6. The van der Waals surface area contributed by atoms with Crippen molar-refractivity contribution in [2.45, 2.75) is 97.5 Å². The maximum atomic E-state index is 13.2. The van der Waals surface area contributed by atoms with Crippen molar-refractivity contribution in [2.24, 2.45) is 0 Å². The zero-order valence-corrected chi connectivity index (χ0v) is 46.3. The average molecular weight is 1130 g/mol. The summed E-state index contributed by atoms with van der Waals surface area (Å²) in [6.45, 7) is 20.7. The van der Waals surface area contributed by atoms with Crippen LogP contribution in [0.15, 0.2) is 72.8 Å². The Kier molecular flexibility index (Phi) is 27.8. The van der Waals surface area contributed by atoms with E-state index in [0.29, 0.717) is 50.9 Å². The van der Waals surface area contributed by atoms with E-state index >= 15 is 0 Å². The number of nitrogens with zero attached hydrogens (tertiary/aromatic N) is 2. The summed E-state index contributed by atoms with van der Waals surface area (Å²) in [4.78, 5) is 52.5. The van der Waals surface area contributed by atoms with Crippen molar-refractivity contribution in [3.63, 3.8) is 0 Å². The predicted octanol–water partition coefficient (Wildman–Crippen LogP) is 4.72. The molecule has 0 atom stereocenters. The molecule has 0 fully saturated rings. The summed E-state index contributed by atoms with van der Waals surface area (Å²) < 4.78 is 26.8. The van der Waals surface area contributed by atoms with Crippen molar-refractivity contribution in [2.75, 3.05) is 21.4 Å². The number of rotatable bonds is 8. The number of nitrogens with one attached hydrogen (secondary N) is 3. The number of halogens is 4. The second-order valence-corrected chi connectivity index (χ2v) is 16.8. The molecule has 3 N–H and O–H groups in total. The molecule has 4 amide bonds. The molecule has 4 aromatic carbocycles. The number of ether oxygens (including phenoxy) is 2.